The number of rotatable bonds is 4. The maximum absolute atomic E-state index is 13.3. The Bertz CT molecular complexity index is 962. The van der Waals surface area contributed by atoms with Gasteiger partial charge in [0.15, 0.2) is 5.78 Å². The fraction of sp³-hybridized carbons (Fsp3) is 0.500. The molecular formula is C26H31NO3. The van der Waals surface area contributed by atoms with Gasteiger partial charge in [-0.25, -0.2) is 0 Å². The monoisotopic (exact) mass is 405 g/mol. The quantitative estimate of drug-likeness (QED) is 0.627. The van der Waals surface area contributed by atoms with Crippen LogP contribution in [-0.4, -0.2) is 23.9 Å². The van der Waals surface area contributed by atoms with E-state index in [-0.39, 0.29) is 34.2 Å². The van der Waals surface area contributed by atoms with Crippen molar-refractivity contribution in [2.45, 2.75) is 59.3 Å². The first kappa shape index (κ1) is 20.8. The van der Waals surface area contributed by atoms with Crippen LogP contribution in [0.2, 0.25) is 0 Å². The molecule has 3 aliphatic rings. The Hall–Kier alpha value is -2.49. The van der Waals surface area contributed by atoms with Gasteiger partial charge < -0.3 is 4.74 Å². The lowest BCUT2D eigenvalue weighted by atomic mass is 9.60. The molecule has 0 unspecified atom stereocenters. The number of ketones is 2. The molecule has 0 spiro atoms. The molecule has 1 heterocycles. The van der Waals surface area contributed by atoms with Gasteiger partial charge in [0.1, 0.15) is 18.1 Å². The number of nitrogens with zero attached hydrogens (tertiary/aromatic N) is 1. The van der Waals surface area contributed by atoms with Crippen molar-refractivity contribution >= 4 is 17.3 Å². The number of benzene rings is 1. The topological polar surface area (TPSA) is 55.7 Å². The van der Waals surface area contributed by atoms with Crippen molar-refractivity contribution in [1.82, 2.24) is 0 Å². The summed E-state index contributed by atoms with van der Waals surface area (Å²) in [5.41, 5.74) is 3.41. The minimum atomic E-state index is -0.332. The first-order chi connectivity index (χ1) is 14.1. The maximum Gasteiger partial charge on any atom is 0.161 e. The van der Waals surface area contributed by atoms with Gasteiger partial charge in [-0.05, 0) is 41.4 Å². The number of aliphatic imine (C=N–C) groups is 1. The van der Waals surface area contributed by atoms with E-state index in [0.717, 1.165) is 41.1 Å². The smallest absolute Gasteiger partial charge is 0.161 e. The number of hydrogen-bond donors (Lipinski definition) is 0. The molecule has 0 saturated heterocycles. The Labute approximate surface area is 179 Å². The molecular weight excluding hydrogens is 374 g/mol. The third-order valence-corrected chi connectivity index (χ3v) is 6.44. The van der Waals surface area contributed by atoms with Gasteiger partial charge in [-0.2, -0.15) is 0 Å². The second kappa shape index (κ2) is 7.33. The van der Waals surface area contributed by atoms with Gasteiger partial charge in [0.25, 0.3) is 0 Å². The zero-order valence-electron chi connectivity index (χ0n) is 18.5. The van der Waals surface area contributed by atoms with E-state index in [1.54, 1.807) is 6.08 Å². The van der Waals surface area contributed by atoms with Gasteiger partial charge in [0.05, 0.1) is 5.92 Å². The van der Waals surface area contributed by atoms with Crippen LogP contribution in [0.5, 0.6) is 5.75 Å². The predicted octanol–water partition coefficient (Wildman–Crippen LogP) is 5.44. The average Bonchev–Trinajstić information content (AvgIpc) is 2.63. The molecule has 1 aromatic rings. The molecule has 2 aliphatic carbocycles. The van der Waals surface area contributed by atoms with E-state index in [9.17, 15) is 9.59 Å². The first-order valence-corrected chi connectivity index (χ1v) is 10.8. The molecule has 0 radical (unpaired) electrons. The van der Waals surface area contributed by atoms with E-state index >= 15 is 0 Å². The molecule has 1 fully saturated rings. The lowest BCUT2D eigenvalue weighted by Crippen LogP contribution is -2.45. The van der Waals surface area contributed by atoms with Crippen LogP contribution in [0, 0.1) is 16.7 Å². The summed E-state index contributed by atoms with van der Waals surface area (Å²) in [5, 5.41) is 0. The molecule has 1 saturated carbocycles. The average molecular weight is 406 g/mol. The summed E-state index contributed by atoms with van der Waals surface area (Å²) in [6, 6.07) is 7.82. The molecule has 1 aliphatic heterocycles. The van der Waals surface area contributed by atoms with Gasteiger partial charge in [-0.1, -0.05) is 52.5 Å². The summed E-state index contributed by atoms with van der Waals surface area (Å²) in [5.74, 6) is 0.518. The molecule has 0 bridgehead atoms. The van der Waals surface area contributed by atoms with Crippen LogP contribution in [0.4, 0.5) is 0 Å². The summed E-state index contributed by atoms with van der Waals surface area (Å²) in [6.45, 7) is 12.6. The van der Waals surface area contributed by atoms with Crippen molar-refractivity contribution < 1.29 is 14.3 Å². The Morgan fingerprint density at radius 2 is 1.67 bits per heavy atom. The molecule has 4 heteroatoms. The zero-order chi connectivity index (χ0) is 21.7. The van der Waals surface area contributed by atoms with Gasteiger partial charge in [-0.3, -0.25) is 14.6 Å². The van der Waals surface area contributed by atoms with Crippen LogP contribution in [0.25, 0.3) is 0 Å². The van der Waals surface area contributed by atoms with Crippen molar-refractivity contribution in [2.24, 2.45) is 21.7 Å². The van der Waals surface area contributed by atoms with Crippen molar-refractivity contribution in [3.05, 3.63) is 53.8 Å². The summed E-state index contributed by atoms with van der Waals surface area (Å²) < 4.78 is 5.62. The highest BCUT2D eigenvalue weighted by molar-refractivity contribution is 6.13. The minimum absolute atomic E-state index is 0.0917. The Morgan fingerprint density at radius 1 is 1.00 bits per heavy atom. The van der Waals surface area contributed by atoms with Crippen LogP contribution in [0.15, 0.2) is 53.2 Å². The van der Waals surface area contributed by atoms with Crippen LogP contribution in [0.3, 0.4) is 0 Å². The normalized spacial score (nSPS) is 27.1. The zero-order valence-corrected chi connectivity index (χ0v) is 18.5. The molecule has 30 heavy (non-hydrogen) atoms. The number of carbonyl (C=O) groups excluding carboxylic acids is 2. The van der Waals surface area contributed by atoms with Crippen LogP contribution in [-0.2, 0) is 9.59 Å². The molecule has 1 aromatic carbocycles. The van der Waals surface area contributed by atoms with E-state index in [0.29, 0.717) is 19.4 Å². The molecule has 4 rings (SSSR count). The lowest BCUT2D eigenvalue weighted by molar-refractivity contribution is -0.124. The van der Waals surface area contributed by atoms with Gasteiger partial charge in [0, 0.05) is 35.7 Å². The molecule has 2 atom stereocenters. The molecule has 4 nitrogen and oxygen atoms in total. The van der Waals surface area contributed by atoms with Crippen LogP contribution in [0.1, 0.15) is 64.9 Å². The number of carbonyl (C=O) groups is 2. The molecule has 0 N–H and O–H groups in total. The van der Waals surface area contributed by atoms with Crippen molar-refractivity contribution in [1.29, 1.82) is 0 Å². The second-order valence-electron chi connectivity index (χ2n) is 10.5. The highest BCUT2D eigenvalue weighted by atomic mass is 16.5. The van der Waals surface area contributed by atoms with Crippen LogP contribution < -0.4 is 4.74 Å². The molecule has 0 aromatic heterocycles. The van der Waals surface area contributed by atoms with Crippen LogP contribution >= 0.6 is 0 Å². The van der Waals surface area contributed by atoms with E-state index < -0.39 is 0 Å². The highest BCUT2D eigenvalue weighted by Gasteiger charge is 2.49. The Kier molecular flexibility index (Phi) is 5.08. The van der Waals surface area contributed by atoms with Gasteiger partial charge >= 0.3 is 0 Å². The van der Waals surface area contributed by atoms with E-state index in [1.165, 1.54) is 0 Å². The summed E-state index contributed by atoms with van der Waals surface area (Å²) in [4.78, 5) is 31.5. The second-order valence-corrected chi connectivity index (χ2v) is 10.5. The van der Waals surface area contributed by atoms with Gasteiger partial charge in [0.2, 0.25) is 0 Å². The lowest BCUT2D eigenvalue weighted by Gasteiger charge is -2.44. The maximum atomic E-state index is 13.3. The Balaban J connectivity index is 1.81. The van der Waals surface area contributed by atoms with Crippen molar-refractivity contribution in [2.75, 3.05) is 6.61 Å². The van der Waals surface area contributed by atoms with E-state index in [1.807, 2.05) is 24.3 Å². The predicted molar refractivity (Wildman–Crippen MR) is 119 cm³/mol. The molecule has 0 amide bonds. The summed E-state index contributed by atoms with van der Waals surface area (Å²) in [6.07, 6.45) is 4.30. The Morgan fingerprint density at radius 3 is 2.33 bits per heavy atom. The number of hydrogen-bond acceptors (Lipinski definition) is 4. The fourth-order valence-corrected chi connectivity index (χ4v) is 5.30. The van der Waals surface area contributed by atoms with Gasteiger partial charge in [-0.15, -0.1) is 0 Å². The molecule has 158 valence electrons. The van der Waals surface area contributed by atoms with Crippen molar-refractivity contribution in [3.8, 4) is 5.75 Å². The fourth-order valence-electron chi connectivity index (χ4n) is 5.30. The number of Topliss-reactive ketones (excluding diaryl/α,β-unsaturated/α-hetero) is 2. The minimum Gasteiger partial charge on any atom is -0.490 e. The van der Waals surface area contributed by atoms with E-state index in [4.69, 9.17) is 9.73 Å². The largest absolute Gasteiger partial charge is 0.490 e. The standard InChI is InChI=1S/C26H31NO3/c1-6-11-30-17-9-7-16(8-10-17)22-23-18(12-25(2,3)14-20(23)28)27-19-13-26(4,5)15-21(29)24(19)22/h6-10,22-23H,1,11-15H2,2-5H3/t22-,23+/m1/s1. The number of fused-ring (bicyclic) bond motifs is 1. The number of ether oxygens (including phenoxy) is 1. The van der Waals surface area contributed by atoms with Crippen molar-refractivity contribution in [3.63, 3.8) is 0 Å². The summed E-state index contributed by atoms with van der Waals surface area (Å²) >= 11 is 0. The third kappa shape index (κ3) is 3.80. The first-order valence-electron chi connectivity index (χ1n) is 10.8. The SMILES string of the molecule is C=CCOc1ccc([C@H]2C3=C(CC(C)(C)CC3=O)N=C3CC(C)(C)CC(=O)[C@H]32)cc1. The summed E-state index contributed by atoms with van der Waals surface area (Å²) in [7, 11) is 0. The highest BCUT2D eigenvalue weighted by Crippen LogP contribution is 2.51. The van der Waals surface area contributed by atoms with E-state index in [2.05, 4.69) is 34.3 Å². The number of allylic oxidation sites excluding steroid dienone is 2. The third-order valence-electron chi connectivity index (χ3n) is 6.44.